The molecule has 1 aromatic heterocycles. The topological polar surface area (TPSA) is 68.6 Å². The van der Waals surface area contributed by atoms with Crippen molar-refractivity contribution in [1.82, 2.24) is 9.47 Å². The molecule has 6 heteroatoms. The zero-order valence-electron chi connectivity index (χ0n) is 28.5. The van der Waals surface area contributed by atoms with Crippen LogP contribution in [0.2, 0.25) is 0 Å². The van der Waals surface area contributed by atoms with E-state index < -0.39 is 17.4 Å². The molecule has 2 atom stereocenters. The molecule has 0 bridgehead atoms. The molecule has 244 valence electrons. The van der Waals surface area contributed by atoms with Gasteiger partial charge in [-0.1, -0.05) is 105 Å². The molecule has 3 rings (SSSR count). The first-order chi connectivity index (χ1) is 20.6. The Bertz CT molecular complexity index is 1060. The first-order valence-electron chi connectivity index (χ1n) is 17.7. The van der Waals surface area contributed by atoms with Gasteiger partial charge >= 0.3 is 11.9 Å². The van der Waals surface area contributed by atoms with Gasteiger partial charge in [-0.25, -0.2) is 0 Å². The Morgan fingerprint density at radius 1 is 0.884 bits per heavy atom. The highest BCUT2D eigenvalue weighted by molar-refractivity contribution is 6.02. The summed E-state index contributed by atoms with van der Waals surface area (Å²) in [5.41, 5.74) is 4.01. The van der Waals surface area contributed by atoms with Crippen molar-refractivity contribution in [3.8, 4) is 0 Å². The minimum absolute atomic E-state index is 0.0932. The van der Waals surface area contributed by atoms with E-state index in [2.05, 4.69) is 51.1 Å². The molecule has 2 aliphatic rings. The number of aromatic nitrogens is 1. The molecule has 0 amide bonds. The highest BCUT2D eigenvalue weighted by Gasteiger charge is 2.42. The number of piperidine rings is 1. The normalized spacial score (nSPS) is 18.9. The fourth-order valence-corrected chi connectivity index (χ4v) is 7.52. The van der Waals surface area contributed by atoms with Gasteiger partial charge in [-0.05, 0) is 63.1 Å². The number of carbonyl (C=O) groups excluding carboxylic acids is 3. The van der Waals surface area contributed by atoms with Gasteiger partial charge in [-0.15, -0.1) is 0 Å². The molecule has 0 spiro atoms. The highest BCUT2D eigenvalue weighted by atomic mass is 16.6. The van der Waals surface area contributed by atoms with Gasteiger partial charge in [0.25, 0.3) is 0 Å². The van der Waals surface area contributed by atoms with Crippen molar-refractivity contribution < 1.29 is 19.1 Å². The fraction of sp³-hybridized carbons (Fsp3) is 0.811. The summed E-state index contributed by atoms with van der Waals surface area (Å²) in [6.07, 6.45) is 19.6. The highest BCUT2D eigenvalue weighted by Crippen LogP contribution is 2.40. The number of esters is 2. The third-order valence-corrected chi connectivity index (χ3v) is 10.0. The summed E-state index contributed by atoms with van der Waals surface area (Å²) in [5, 5.41) is 0. The number of ether oxygens (including phenoxy) is 1. The van der Waals surface area contributed by atoms with E-state index in [0.717, 1.165) is 74.1 Å². The Hall–Kier alpha value is -1.95. The molecule has 0 saturated carbocycles. The van der Waals surface area contributed by atoms with E-state index in [1.54, 1.807) is 0 Å². The van der Waals surface area contributed by atoms with Gasteiger partial charge in [0.15, 0.2) is 5.78 Å². The maximum Gasteiger partial charge on any atom is 0.314 e. The molecule has 1 aromatic rings. The second-order valence-corrected chi connectivity index (χ2v) is 14.5. The van der Waals surface area contributed by atoms with Crippen LogP contribution in [0.3, 0.4) is 0 Å². The van der Waals surface area contributed by atoms with Crippen LogP contribution in [0, 0.1) is 24.2 Å². The summed E-state index contributed by atoms with van der Waals surface area (Å²) >= 11 is 0. The van der Waals surface area contributed by atoms with Crippen LogP contribution in [0.25, 0.3) is 0 Å². The van der Waals surface area contributed by atoms with Gasteiger partial charge in [0.05, 0.1) is 6.42 Å². The summed E-state index contributed by atoms with van der Waals surface area (Å²) in [6, 6.07) is 0. The maximum absolute atomic E-state index is 13.7. The van der Waals surface area contributed by atoms with Crippen molar-refractivity contribution in [2.24, 2.45) is 17.3 Å². The lowest BCUT2D eigenvalue weighted by atomic mass is 9.72. The molecule has 0 aromatic carbocycles. The minimum atomic E-state index is -0.439. The number of rotatable bonds is 19. The van der Waals surface area contributed by atoms with Crippen molar-refractivity contribution in [3.05, 3.63) is 22.5 Å². The van der Waals surface area contributed by atoms with E-state index in [9.17, 15) is 14.4 Å². The Morgan fingerprint density at radius 2 is 1.47 bits per heavy atom. The van der Waals surface area contributed by atoms with E-state index >= 15 is 0 Å². The summed E-state index contributed by atoms with van der Waals surface area (Å²) in [4.78, 5) is 41.2. The Labute approximate surface area is 262 Å². The lowest BCUT2D eigenvalue weighted by molar-refractivity contribution is -0.161. The van der Waals surface area contributed by atoms with E-state index in [0.29, 0.717) is 24.7 Å². The van der Waals surface area contributed by atoms with Gasteiger partial charge in [0.1, 0.15) is 0 Å². The molecule has 1 aliphatic heterocycles. The van der Waals surface area contributed by atoms with Crippen LogP contribution in [0.1, 0.15) is 158 Å². The molecule has 1 aliphatic carbocycles. The fourth-order valence-electron chi connectivity index (χ4n) is 7.52. The van der Waals surface area contributed by atoms with Crippen LogP contribution >= 0.6 is 0 Å². The third-order valence-electron chi connectivity index (χ3n) is 10.0. The van der Waals surface area contributed by atoms with E-state index in [-0.39, 0.29) is 12.3 Å². The number of nitrogens with zero attached hydrogens (tertiary/aromatic N) is 2. The Morgan fingerprint density at radius 3 is 2.05 bits per heavy atom. The van der Waals surface area contributed by atoms with E-state index in [1.807, 2.05) is 0 Å². The van der Waals surface area contributed by atoms with Gasteiger partial charge in [-0.3, -0.25) is 14.4 Å². The van der Waals surface area contributed by atoms with Crippen LogP contribution in [0.5, 0.6) is 0 Å². The minimum Gasteiger partial charge on any atom is -0.393 e. The lowest BCUT2D eigenvalue weighted by Crippen LogP contribution is -2.45. The van der Waals surface area contributed by atoms with E-state index in [4.69, 9.17) is 4.74 Å². The second-order valence-electron chi connectivity index (χ2n) is 14.5. The molecule has 1 saturated heterocycles. The molecule has 0 radical (unpaired) electrons. The lowest BCUT2D eigenvalue weighted by Gasteiger charge is -2.39. The number of likely N-dealkylation sites (tertiary alicyclic amines) is 1. The molecule has 2 heterocycles. The van der Waals surface area contributed by atoms with Crippen LogP contribution in [0.4, 0.5) is 0 Å². The van der Waals surface area contributed by atoms with Gasteiger partial charge in [0, 0.05) is 42.4 Å². The first-order valence-corrected chi connectivity index (χ1v) is 17.7. The standard InChI is InChI=1S/C37H62N2O4/c1-7-9-10-11-12-13-14-15-16-17-18-19-20-21-33(40)43-34(41)25-37(4,5)27-39-28(3)30(8-2)35-32(39)24-29-22-23-38(6)26-31(29)36(35)42/h29,31H,7-27H2,1-6H3. The molecular weight excluding hydrogens is 536 g/mol. The molecule has 2 unspecified atom stereocenters. The van der Waals surface area contributed by atoms with Crippen molar-refractivity contribution in [2.75, 3.05) is 20.1 Å². The summed E-state index contributed by atoms with van der Waals surface area (Å²) < 4.78 is 7.56. The zero-order chi connectivity index (χ0) is 31.4. The SMILES string of the molecule is CCCCCCCCCCCCCCCC(=O)OC(=O)CC(C)(C)Cn1c(C)c(CC)c2c1CC1CCN(C)CC1C2=O. The maximum atomic E-state index is 13.7. The average molecular weight is 599 g/mol. The van der Waals surface area contributed by atoms with Crippen LogP contribution in [-0.4, -0.2) is 47.3 Å². The second kappa shape index (κ2) is 17.5. The third kappa shape index (κ3) is 10.6. The van der Waals surface area contributed by atoms with Crippen molar-refractivity contribution in [3.63, 3.8) is 0 Å². The average Bonchev–Trinajstić information content (AvgIpc) is 3.21. The van der Waals surface area contributed by atoms with Crippen molar-refractivity contribution in [2.45, 2.75) is 157 Å². The Kier molecular flexibility index (Phi) is 14.5. The van der Waals surface area contributed by atoms with E-state index in [1.165, 1.54) is 64.2 Å². The predicted molar refractivity (Wildman–Crippen MR) is 175 cm³/mol. The summed E-state index contributed by atoms with van der Waals surface area (Å²) in [7, 11) is 2.11. The zero-order valence-corrected chi connectivity index (χ0v) is 28.5. The number of carbonyl (C=O) groups is 3. The number of Topliss-reactive ketones (excluding diaryl/α,β-unsaturated/α-hetero) is 1. The number of hydrogen-bond acceptors (Lipinski definition) is 5. The monoisotopic (exact) mass is 598 g/mol. The largest absolute Gasteiger partial charge is 0.393 e. The van der Waals surface area contributed by atoms with Crippen molar-refractivity contribution >= 4 is 17.7 Å². The molecule has 1 fully saturated rings. The molecule has 43 heavy (non-hydrogen) atoms. The van der Waals surface area contributed by atoms with Crippen LogP contribution in [-0.2, 0) is 33.7 Å². The Balaban J connectivity index is 1.39. The van der Waals surface area contributed by atoms with Crippen molar-refractivity contribution in [1.29, 1.82) is 0 Å². The number of unbranched alkanes of at least 4 members (excludes halogenated alkanes) is 12. The summed E-state index contributed by atoms with van der Waals surface area (Å²) in [6.45, 7) is 13.2. The van der Waals surface area contributed by atoms with Gasteiger partial charge in [-0.2, -0.15) is 0 Å². The number of fused-ring (bicyclic) bond motifs is 2. The summed E-state index contributed by atoms with van der Waals surface area (Å²) in [5.74, 6) is -0.0379. The van der Waals surface area contributed by atoms with Gasteiger partial charge in [0.2, 0.25) is 0 Å². The van der Waals surface area contributed by atoms with Gasteiger partial charge < -0.3 is 14.2 Å². The number of hydrogen-bond donors (Lipinski definition) is 0. The quantitative estimate of drug-likeness (QED) is 0.0906. The smallest absolute Gasteiger partial charge is 0.314 e. The molecule has 0 N–H and O–H groups in total. The molecular formula is C37H62N2O4. The molecule has 6 nitrogen and oxygen atoms in total. The van der Waals surface area contributed by atoms with Crippen LogP contribution in [0.15, 0.2) is 0 Å². The van der Waals surface area contributed by atoms with Crippen LogP contribution < -0.4 is 0 Å². The predicted octanol–water partition coefficient (Wildman–Crippen LogP) is 8.63. The first kappa shape index (κ1) is 35.5. The number of ketones is 1.